The molecule has 0 aliphatic heterocycles. The Morgan fingerprint density at radius 2 is 1.68 bits per heavy atom. The maximum absolute atomic E-state index is 5.62. The maximum atomic E-state index is 5.62. The molecule has 0 saturated heterocycles. The van der Waals surface area contributed by atoms with Gasteiger partial charge in [0, 0.05) is 11.7 Å². The summed E-state index contributed by atoms with van der Waals surface area (Å²) in [5.74, 6) is 0.824. The van der Waals surface area contributed by atoms with Crippen LogP contribution in [0.4, 0.5) is 5.69 Å². The molecule has 0 heterocycles. The van der Waals surface area contributed by atoms with Gasteiger partial charge >= 0.3 is 0 Å². The highest BCUT2D eigenvalue weighted by molar-refractivity contribution is 6.27. The molecule has 2 nitrogen and oxygen atoms in total. The molecule has 0 saturated carbocycles. The van der Waals surface area contributed by atoms with Gasteiger partial charge in [-0.15, -0.1) is 0 Å². The molecule has 19 heavy (non-hydrogen) atoms. The second kappa shape index (κ2) is 6.76. The summed E-state index contributed by atoms with van der Waals surface area (Å²) in [6.07, 6.45) is 3.67. The normalized spacial score (nSPS) is 11.3. The van der Waals surface area contributed by atoms with Crippen molar-refractivity contribution in [2.45, 2.75) is 0 Å². The molecule has 0 radical (unpaired) electrons. The van der Waals surface area contributed by atoms with E-state index in [1.54, 1.807) is 7.11 Å². The fourth-order valence-electron chi connectivity index (χ4n) is 1.66. The molecule has 96 valence electrons. The van der Waals surface area contributed by atoms with Crippen LogP contribution in [0.2, 0.25) is 0 Å². The van der Waals surface area contributed by atoms with Crippen LogP contribution in [0.3, 0.4) is 0 Å². The highest BCUT2D eigenvalue weighted by Gasteiger charge is 1.95. The second-order valence-electron chi connectivity index (χ2n) is 3.88. The number of methoxy groups -OCH3 is 1. The Hall–Kier alpha value is -2.06. The molecule has 0 bridgehead atoms. The topological polar surface area (TPSA) is 21.6 Å². The number of rotatable bonds is 4. The molecule has 0 N–H and O–H groups in total. The molecule has 0 aliphatic rings. The van der Waals surface area contributed by atoms with Gasteiger partial charge in [-0.25, -0.2) is 0 Å². The van der Waals surface area contributed by atoms with Crippen LogP contribution in [-0.4, -0.2) is 13.3 Å². The summed E-state index contributed by atoms with van der Waals surface area (Å²) in [6, 6.07) is 15.5. The molecule has 3 heteroatoms. The van der Waals surface area contributed by atoms with Crippen molar-refractivity contribution in [3.05, 3.63) is 65.2 Å². The van der Waals surface area contributed by atoms with Crippen molar-refractivity contribution < 1.29 is 4.74 Å². The highest BCUT2D eigenvalue weighted by Crippen LogP contribution is 2.18. The van der Waals surface area contributed by atoms with E-state index in [4.69, 9.17) is 16.3 Å². The van der Waals surface area contributed by atoms with E-state index in [0.717, 1.165) is 22.6 Å². The number of hydrogen-bond donors (Lipinski definition) is 0. The van der Waals surface area contributed by atoms with E-state index in [0.29, 0.717) is 0 Å². The van der Waals surface area contributed by atoms with Crippen LogP contribution in [0.5, 0.6) is 5.75 Å². The van der Waals surface area contributed by atoms with Gasteiger partial charge in [-0.05, 0) is 41.5 Å². The highest BCUT2D eigenvalue weighted by atomic mass is 35.5. The lowest BCUT2D eigenvalue weighted by Crippen LogP contribution is -1.85. The molecular formula is C16H14ClNO. The fraction of sp³-hybridized carbons (Fsp3) is 0.0625. The minimum absolute atomic E-state index is 0.824. The van der Waals surface area contributed by atoms with Crippen molar-refractivity contribution in [1.29, 1.82) is 0 Å². The van der Waals surface area contributed by atoms with Gasteiger partial charge in [0.25, 0.3) is 0 Å². The van der Waals surface area contributed by atoms with Crippen LogP contribution in [-0.2, 0) is 0 Å². The van der Waals surface area contributed by atoms with E-state index in [1.807, 2.05) is 60.8 Å². The molecule has 0 aromatic heterocycles. The molecular weight excluding hydrogens is 258 g/mol. The Balaban J connectivity index is 2.22. The zero-order valence-electron chi connectivity index (χ0n) is 10.6. The zero-order chi connectivity index (χ0) is 13.5. The van der Waals surface area contributed by atoms with Gasteiger partial charge in [0.2, 0.25) is 0 Å². The first-order valence-electron chi connectivity index (χ1n) is 5.87. The van der Waals surface area contributed by atoms with Crippen LogP contribution in [0.25, 0.3) is 6.08 Å². The van der Waals surface area contributed by atoms with Gasteiger partial charge in [-0.3, -0.25) is 4.99 Å². The number of hydrogen-bond acceptors (Lipinski definition) is 2. The van der Waals surface area contributed by atoms with Gasteiger partial charge in [-0.1, -0.05) is 35.9 Å². The molecule has 0 amide bonds. The maximum Gasteiger partial charge on any atom is 0.119 e. The SMILES string of the molecule is COc1ccc(N=Cc2ccccc2/C=C\Cl)cc1. The average Bonchev–Trinajstić information content (AvgIpc) is 2.47. The van der Waals surface area contributed by atoms with Crippen LogP contribution >= 0.6 is 11.6 Å². The Kier molecular flexibility index (Phi) is 4.76. The minimum Gasteiger partial charge on any atom is -0.497 e. The summed E-state index contributed by atoms with van der Waals surface area (Å²) < 4.78 is 5.11. The molecule has 2 rings (SSSR count). The van der Waals surface area contributed by atoms with Gasteiger partial charge < -0.3 is 4.74 Å². The van der Waals surface area contributed by atoms with E-state index in [1.165, 1.54) is 5.54 Å². The minimum atomic E-state index is 0.824. The smallest absolute Gasteiger partial charge is 0.119 e. The van der Waals surface area contributed by atoms with Crippen molar-refractivity contribution in [3.8, 4) is 5.75 Å². The predicted molar refractivity (Wildman–Crippen MR) is 81.6 cm³/mol. The van der Waals surface area contributed by atoms with E-state index in [-0.39, 0.29) is 0 Å². The van der Waals surface area contributed by atoms with Crippen molar-refractivity contribution >= 4 is 29.6 Å². The molecule has 2 aromatic rings. The monoisotopic (exact) mass is 271 g/mol. The van der Waals surface area contributed by atoms with E-state index < -0.39 is 0 Å². The molecule has 0 atom stereocenters. The summed E-state index contributed by atoms with van der Waals surface area (Å²) in [6.45, 7) is 0. The lowest BCUT2D eigenvalue weighted by Gasteiger charge is -2.01. The van der Waals surface area contributed by atoms with Gasteiger partial charge in [-0.2, -0.15) is 0 Å². The van der Waals surface area contributed by atoms with Gasteiger partial charge in [0.1, 0.15) is 5.75 Å². The number of nitrogens with zero attached hydrogens (tertiary/aromatic N) is 1. The zero-order valence-corrected chi connectivity index (χ0v) is 11.3. The van der Waals surface area contributed by atoms with Crippen LogP contribution in [0, 0.1) is 0 Å². The molecule has 2 aromatic carbocycles. The van der Waals surface area contributed by atoms with Crippen molar-refractivity contribution in [2.24, 2.45) is 4.99 Å². The van der Waals surface area contributed by atoms with E-state index in [2.05, 4.69) is 4.99 Å². The van der Waals surface area contributed by atoms with Crippen molar-refractivity contribution in [1.82, 2.24) is 0 Å². The van der Waals surface area contributed by atoms with E-state index >= 15 is 0 Å². The Labute approximate surface area is 118 Å². The third kappa shape index (κ3) is 3.70. The first-order chi connectivity index (χ1) is 9.33. The summed E-state index contributed by atoms with van der Waals surface area (Å²) in [5.41, 5.74) is 4.44. The average molecular weight is 272 g/mol. The largest absolute Gasteiger partial charge is 0.497 e. The Morgan fingerprint density at radius 1 is 1.00 bits per heavy atom. The molecule has 0 fully saturated rings. The second-order valence-corrected chi connectivity index (χ2v) is 4.13. The van der Waals surface area contributed by atoms with Crippen LogP contribution in [0.1, 0.15) is 11.1 Å². The van der Waals surface area contributed by atoms with Gasteiger partial charge in [0.05, 0.1) is 12.8 Å². The number of aliphatic imine (C=N–C) groups is 1. The lowest BCUT2D eigenvalue weighted by molar-refractivity contribution is 0.415. The summed E-state index contributed by atoms with van der Waals surface area (Å²) in [5, 5.41) is 0. The summed E-state index contributed by atoms with van der Waals surface area (Å²) in [4.78, 5) is 4.44. The number of halogens is 1. The predicted octanol–water partition coefficient (Wildman–Crippen LogP) is 4.66. The van der Waals surface area contributed by atoms with Crippen molar-refractivity contribution in [2.75, 3.05) is 7.11 Å². The van der Waals surface area contributed by atoms with E-state index in [9.17, 15) is 0 Å². The molecule has 0 spiro atoms. The van der Waals surface area contributed by atoms with Crippen LogP contribution < -0.4 is 4.74 Å². The third-order valence-corrected chi connectivity index (χ3v) is 2.79. The number of ether oxygens (including phenoxy) is 1. The summed E-state index contributed by atoms with van der Waals surface area (Å²) in [7, 11) is 1.65. The first-order valence-corrected chi connectivity index (χ1v) is 6.31. The standard InChI is InChI=1S/C16H14ClNO/c1-19-16-8-6-15(7-9-16)18-12-14-5-3-2-4-13(14)10-11-17/h2-12H,1H3/b11-10-,18-12?. The molecule has 0 aliphatic carbocycles. The Bertz CT molecular complexity index is 588. The fourth-order valence-corrected chi connectivity index (χ4v) is 1.80. The first kappa shape index (κ1) is 13.4. The van der Waals surface area contributed by atoms with Crippen molar-refractivity contribution in [3.63, 3.8) is 0 Å². The Morgan fingerprint density at radius 3 is 2.32 bits per heavy atom. The van der Waals surface area contributed by atoms with Crippen LogP contribution in [0.15, 0.2) is 59.1 Å². The third-order valence-electron chi connectivity index (χ3n) is 2.66. The van der Waals surface area contributed by atoms with Gasteiger partial charge in [0.15, 0.2) is 0 Å². The summed E-state index contributed by atoms with van der Waals surface area (Å²) >= 11 is 5.62. The quantitative estimate of drug-likeness (QED) is 0.742. The lowest BCUT2D eigenvalue weighted by atomic mass is 10.1. The molecule has 0 unspecified atom stereocenters. The number of benzene rings is 2.